The SMILES string of the molecule is CNCCC1CCN(C(C)C(=O)Nc2ccc(Cl)cc2Cl)CC1. The molecule has 1 heterocycles. The van der Waals surface area contributed by atoms with Crippen molar-refractivity contribution in [3.8, 4) is 0 Å². The van der Waals surface area contributed by atoms with E-state index in [1.165, 1.54) is 6.42 Å². The number of anilines is 1. The fourth-order valence-corrected chi connectivity index (χ4v) is 3.43. The van der Waals surface area contributed by atoms with E-state index < -0.39 is 0 Å². The first-order valence-corrected chi connectivity index (χ1v) is 8.91. The van der Waals surface area contributed by atoms with E-state index in [1.807, 2.05) is 14.0 Å². The lowest BCUT2D eigenvalue weighted by molar-refractivity contribution is -0.121. The minimum absolute atomic E-state index is 0.0251. The lowest BCUT2D eigenvalue weighted by Crippen LogP contribution is -2.46. The monoisotopic (exact) mass is 357 g/mol. The molecule has 1 unspecified atom stereocenters. The highest BCUT2D eigenvalue weighted by Gasteiger charge is 2.26. The molecule has 1 amide bonds. The molecule has 1 aliphatic rings. The summed E-state index contributed by atoms with van der Waals surface area (Å²) in [6, 6.07) is 4.93. The van der Waals surface area contributed by atoms with Crippen LogP contribution in [0.1, 0.15) is 26.2 Å². The Kier molecular flexibility index (Phi) is 7.15. The van der Waals surface area contributed by atoms with Crippen LogP contribution >= 0.6 is 23.2 Å². The van der Waals surface area contributed by atoms with Crippen molar-refractivity contribution in [1.29, 1.82) is 0 Å². The maximum absolute atomic E-state index is 12.4. The van der Waals surface area contributed by atoms with Crippen molar-refractivity contribution in [1.82, 2.24) is 10.2 Å². The second kappa shape index (κ2) is 8.88. The van der Waals surface area contributed by atoms with Crippen molar-refractivity contribution in [3.63, 3.8) is 0 Å². The van der Waals surface area contributed by atoms with Gasteiger partial charge in [-0.3, -0.25) is 9.69 Å². The number of rotatable bonds is 6. The zero-order valence-electron chi connectivity index (χ0n) is 13.7. The van der Waals surface area contributed by atoms with Crippen molar-refractivity contribution >= 4 is 34.8 Å². The van der Waals surface area contributed by atoms with Gasteiger partial charge in [-0.1, -0.05) is 23.2 Å². The zero-order valence-corrected chi connectivity index (χ0v) is 15.3. The first-order chi connectivity index (χ1) is 11.0. The third kappa shape index (κ3) is 5.35. The standard InChI is InChI=1S/C17H25Cl2N3O/c1-12(22-9-6-13(7-10-22)5-8-20-2)17(23)21-16-4-3-14(18)11-15(16)19/h3-4,11-13,20H,5-10H2,1-2H3,(H,21,23). The van der Waals surface area contributed by atoms with Crippen molar-refractivity contribution in [2.45, 2.75) is 32.2 Å². The van der Waals surface area contributed by atoms with Gasteiger partial charge in [0, 0.05) is 5.02 Å². The van der Waals surface area contributed by atoms with Crippen LogP contribution in [0.4, 0.5) is 5.69 Å². The van der Waals surface area contributed by atoms with Crippen LogP contribution in [0, 0.1) is 5.92 Å². The number of nitrogens with zero attached hydrogens (tertiary/aromatic N) is 1. The summed E-state index contributed by atoms with van der Waals surface area (Å²) in [6.45, 7) is 4.96. The van der Waals surface area contributed by atoms with E-state index >= 15 is 0 Å². The second-order valence-electron chi connectivity index (χ2n) is 6.16. The number of hydrogen-bond donors (Lipinski definition) is 2. The molecule has 2 N–H and O–H groups in total. The van der Waals surface area contributed by atoms with Crippen LogP contribution in [0.3, 0.4) is 0 Å². The van der Waals surface area contributed by atoms with Crippen LogP contribution in [-0.2, 0) is 4.79 Å². The molecule has 0 bridgehead atoms. The van der Waals surface area contributed by atoms with Crippen molar-refractivity contribution < 1.29 is 4.79 Å². The highest BCUT2D eigenvalue weighted by atomic mass is 35.5. The minimum atomic E-state index is -0.160. The average Bonchev–Trinajstić information content (AvgIpc) is 2.55. The molecular weight excluding hydrogens is 333 g/mol. The van der Waals surface area contributed by atoms with Gasteiger partial charge in [-0.15, -0.1) is 0 Å². The number of carbonyl (C=O) groups excluding carboxylic acids is 1. The summed E-state index contributed by atoms with van der Waals surface area (Å²) < 4.78 is 0. The Hall–Kier alpha value is -0.810. The van der Waals surface area contributed by atoms with Gasteiger partial charge in [0.25, 0.3) is 0 Å². The Morgan fingerprint density at radius 2 is 2.04 bits per heavy atom. The molecule has 0 aromatic heterocycles. The van der Waals surface area contributed by atoms with Gasteiger partial charge in [0.15, 0.2) is 0 Å². The maximum atomic E-state index is 12.4. The average molecular weight is 358 g/mol. The highest BCUT2D eigenvalue weighted by Crippen LogP contribution is 2.26. The van der Waals surface area contributed by atoms with Gasteiger partial charge in [-0.25, -0.2) is 0 Å². The maximum Gasteiger partial charge on any atom is 0.241 e. The van der Waals surface area contributed by atoms with Gasteiger partial charge in [0.2, 0.25) is 5.91 Å². The Bertz CT molecular complexity index is 531. The van der Waals surface area contributed by atoms with E-state index in [1.54, 1.807) is 18.2 Å². The highest BCUT2D eigenvalue weighted by molar-refractivity contribution is 6.36. The van der Waals surface area contributed by atoms with Crippen molar-refractivity contribution in [2.24, 2.45) is 5.92 Å². The Balaban J connectivity index is 1.85. The van der Waals surface area contributed by atoms with E-state index in [0.717, 1.165) is 38.4 Å². The predicted molar refractivity (Wildman–Crippen MR) is 97.4 cm³/mol. The Morgan fingerprint density at radius 1 is 1.35 bits per heavy atom. The van der Waals surface area contributed by atoms with Gasteiger partial charge >= 0.3 is 0 Å². The smallest absolute Gasteiger partial charge is 0.241 e. The number of halogens is 2. The first-order valence-electron chi connectivity index (χ1n) is 8.16. The van der Waals surface area contributed by atoms with Crippen LogP contribution in [0.15, 0.2) is 18.2 Å². The van der Waals surface area contributed by atoms with E-state index in [4.69, 9.17) is 23.2 Å². The second-order valence-corrected chi connectivity index (χ2v) is 7.00. The van der Waals surface area contributed by atoms with E-state index in [0.29, 0.717) is 15.7 Å². The third-order valence-corrected chi connectivity index (χ3v) is 5.12. The molecule has 2 rings (SSSR count). The first kappa shape index (κ1) is 18.5. The molecule has 0 radical (unpaired) electrons. The summed E-state index contributed by atoms with van der Waals surface area (Å²) in [4.78, 5) is 14.7. The number of nitrogens with one attached hydrogen (secondary N) is 2. The summed E-state index contributed by atoms with van der Waals surface area (Å²) >= 11 is 12.0. The molecule has 6 heteroatoms. The van der Waals surface area contributed by atoms with E-state index in [9.17, 15) is 4.79 Å². The van der Waals surface area contributed by atoms with Gasteiger partial charge in [-0.05, 0) is 77.0 Å². The molecule has 0 aliphatic carbocycles. The number of amides is 1. The summed E-state index contributed by atoms with van der Waals surface area (Å²) in [6.07, 6.45) is 3.52. The Morgan fingerprint density at radius 3 is 2.65 bits per heavy atom. The Labute approximate surface area is 148 Å². The summed E-state index contributed by atoms with van der Waals surface area (Å²) in [5.74, 6) is 0.738. The van der Waals surface area contributed by atoms with E-state index in [2.05, 4.69) is 15.5 Å². The largest absolute Gasteiger partial charge is 0.323 e. The van der Waals surface area contributed by atoms with Gasteiger partial charge in [-0.2, -0.15) is 0 Å². The van der Waals surface area contributed by atoms with Gasteiger partial charge < -0.3 is 10.6 Å². The van der Waals surface area contributed by atoms with Gasteiger partial charge in [0.05, 0.1) is 16.8 Å². The number of piperidine rings is 1. The number of hydrogen-bond acceptors (Lipinski definition) is 3. The van der Waals surface area contributed by atoms with E-state index in [-0.39, 0.29) is 11.9 Å². The topological polar surface area (TPSA) is 44.4 Å². The molecule has 0 spiro atoms. The molecule has 23 heavy (non-hydrogen) atoms. The lowest BCUT2D eigenvalue weighted by atomic mass is 9.93. The zero-order chi connectivity index (χ0) is 16.8. The fourth-order valence-electron chi connectivity index (χ4n) is 2.97. The normalized spacial score (nSPS) is 17.9. The van der Waals surface area contributed by atoms with Crippen LogP contribution in [-0.4, -0.2) is 43.5 Å². The quantitative estimate of drug-likeness (QED) is 0.816. The molecule has 1 aromatic rings. The number of carbonyl (C=O) groups is 1. The molecule has 128 valence electrons. The predicted octanol–water partition coefficient (Wildman–Crippen LogP) is 3.64. The minimum Gasteiger partial charge on any atom is -0.323 e. The van der Waals surface area contributed by atoms with Crippen LogP contribution in [0.2, 0.25) is 10.0 Å². The third-order valence-electron chi connectivity index (χ3n) is 4.57. The van der Waals surface area contributed by atoms with Gasteiger partial charge in [0.1, 0.15) is 0 Å². The van der Waals surface area contributed by atoms with Crippen LogP contribution in [0.5, 0.6) is 0 Å². The lowest BCUT2D eigenvalue weighted by Gasteiger charge is -2.35. The molecule has 1 fully saturated rings. The van der Waals surface area contributed by atoms with Crippen LogP contribution in [0.25, 0.3) is 0 Å². The molecule has 1 saturated heterocycles. The summed E-state index contributed by atoms with van der Waals surface area (Å²) in [7, 11) is 1.99. The summed E-state index contributed by atoms with van der Waals surface area (Å²) in [5.41, 5.74) is 0.608. The molecule has 0 saturated carbocycles. The van der Waals surface area contributed by atoms with Crippen molar-refractivity contribution in [3.05, 3.63) is 28.2 Å². The molecule has 1 aromatic carbocycles. The molecular formula is C17H25Cl2N3O. The molecule has 1 aliphatic heterocycles. The number of likely N-dealkylation sites (tertiary alicyclic amines) is 1. The summed E-state index contributed by atoms with van der Waals surface area (Å²) in [5, 5.41) is 7.12. The molecule has 1 atom stereocenters. The molecule has 4 nitrogen and oxygen atoms in total. The van der Waals surface area contributed by atoms with Crippen LogP contribution < -0.4 is 10.6 Å². The number of benzene rings is 1. The van der Waals surface area contributed by atoms with Crippen molar-refractivity contribution in [2.75, 3.05) is 32.0 Å². The fraction of sp³-hybridized carbons (Fsp3) is 0.588.